The first-order valence-corrected chi connectivity index (χ1v) is 31.6. The standard InChI is InChI=1S/C68H118O6/c1-4-7-10-13-16-19-22-24-26-27-28-29-30-31-32-33-34-35-36-37-38-39-40-41-43-44-46-49-52-55-58-61-67(70)73-64-65(63-72-66(69)60-57-54-51-48-21-18-15-12-9-6-3)74-68(71)62-59-56-53-50-47-45-42-25-23-20-17-14-11-8-5-2/h7,10,16,19,24-26,28-29,31-32,34-35,42,65H,4-6,8-9,11-15,17-18,20-23,27,30,33,36-41,43-64H2,1-3H3/b10-7-,19-16-,26-24-,29-28-,32-31-,35-34-,42-25-. The predicted molar refractivity (Wildman–Crippen MR) is 321 cm³/mol. The van der Waals surface area contributed by atoms with Crippen LogP contribution in [-0.4, -0.2) is 37.2 Å². The quantitative estimate of drug-likeness (QED) is 0.0261. The van der Waals surface area contributed by atoms with Gasteiger partial charge in [0.05, 0.1) is 0 Å². The van der Waals surface area contributed by atoms with Crippen molar-refractivity contribution in [2.45, 2.75) is 316 Å². The van der Waals surface area contributed by atoms with E-state index in [1.54, 1.807) is 0 Å². The van der Waals surface area contributed by atoms with Gasteiger partial charge in [0.2, 0.25) is 0 Å². The fraction of sp³-hybridized carbons (Fsp3) is 0.750. The lowest BCUT2D eigenvalue weighted by Crippen LogP contribution is -2.30. The SMILES string of the molecule is CC/C=C\C/C=C\C/C=C\C/C=C\C/C=C\C/C=C\CCCCCCCCCCCCCCC(=O)OCC(COC(=O)CCCCCCCCCCCC)OC(=O)CCCCCCC/C=C\CCCCCCCC. The second kappa shape index (κ2) is 62.1. The van der Waals surface area contributed by atoms with Gasteiger partial charge in [-0.05, 0) is 96.3 Å². The number of unbranched alkanes of at least 4 members (excludes halogenated alkanes) is 32. The van der Waals surface area contributed by atoms with Gasteiger partial charge in [-0.1, -0.05) is 279 Å². The molecule has 0 radical (unpaired) electrons. The Hall–Kier alpha value is -3.41. The molecule has 0 aromatic carbocycles. The average molecular weight is 1030 g/mol. The zero-order valence-corrected chi connectivity index (χ0v) is 48.8. The second-order valence-electron chi connectivity index (χ2n) is 20.9. The van der Waals surface area contributed by atoms with E-state index in [0.717, 1.165) is 109 Å². The van der Waals surface area contributed by atoms with Crippen molar-refractivity contribution in [3.63, 3.8) is 0 Å². The van der Waals surface area contributed by atoms with Crippen molar-refractivity contribution < 1.29 is 28.6 Å². The lowest BCUT2D eigenvalue weighted by molar-refractivity contribution is -0.167. The summed E-state index contributed by atoms with van der Waals surface area (Å²) in [6.45, 7) is 6.52. The van der Waals surface area contributed by atoms with Crippen LogP contribution >= 0.6 is 0 Å². The van der Waals surface area contributed by atoms with Crippen LogP contribution in [0, 0.1) is 0 Å². The Morgan fingerprint density at radius 1 is 0.284 bits per heavy atom. The maximum atomic E-state index is 12.8. The van der Waals surface area contributed by atoms with E-state index < -0.39 is 6.10 Å². The summed E-state index contributed by atoms with van der Waals surface area (Å²) in [5.74, 6) is -0.878. The maximum absolute atomic E-state index is 12.8. The lowest BCUT2D eigenvalue weighted by atomic mass is 10.0. The monoisotopic (exact) mass is 1030 g/mol. The van der Waals surface area contributed by atoms with E-state index in [2.05, 4.69) is 106 Å². The van der Waals surface area contributed by atoms with Crippen LogP contribution in [0.1, 0.15) is 310 Å². The Bertz CT molecular complexity index is 1420. The summed E-state index contributed by atoms with van der Waals surface area (Å²) in [5, 5.41) is 0. The maximum Gasteiger partial charge on any atom is 0.306 e. The number of ether oxygens (including phenoxy) is 3. The molecule has 426 valence electrons. The van der Waals surface area contributed by atoms with Crippen LogP contribution in [0.15, 0.2) is 85.1 Å². The molecule has 0 amide bonds. The number of carbonyl (C=O) groups excluding carboxylic acids is 3. The van der Waals surface area contributed by atoms with Gasteiger partial charge in [-0.2, -0.15) is 0 Å². The average Bonchev–Trinajstić information content (AvgIpc) is 3.40. The number of carbonyl (C=O) groups is 3. The van der Waals surface area contributed by atoms with Crippen molar-refractivity contribution in [2.24, 2.45) is 0 Å². The summed E-state index contributed by atoms with van der Waals surface area (Å²) in [5.41, 5.74) is 0. The Kier molecular flexibility index (Phi) is 59.3. The van der Waals surface area contributed by atoms with Gasteiger partial charge in [0, 0.05) is 19.3 Å². The van der Waals surface area contributed by atoms with Gasteiger partial charge in [0.15, 0.2) is 6.10 Å². The topological polar surface area (TPSA) is 78.9 Å². The molecule has 0 spiro atoms. The molecule has 74 heavy (non-hydrogen) atoms. The third kappa shape index (κ3) is 59.5. The van der Waals surface area contributed by atoms with Crippen molar-refractivity contribution in [1.82, 2.24) is 0 Å². The first-order valence-electron chi connectivity index (χ1n) is 31.6. The fourth-order valence-corrected chi connectivity index (χ4v) is 8.91. The van der Waals surface area contributed by atoms with Gasteiger partial charge < -0.3 is 14.2 Å². The summed E-state index contributed by atoms with van der Waals surface area (Å²) in [6, 6.07) is 0. The molecule has 6 heteroatoms. The molecular formula is C68H118O6. The zero-order chi connectivity index (χ0) is 53.6. The van der Waals surface area contributed by atoms with Crippen LogP contribution in [0.4, 0.5) is 0 Å². The molecule has 0 aliphatic heterocycles. The largest absolute Gasteiger partial charge is 0.462 e. The smallest absolute Gasteiger partial charge is 0.306 e. The number of rotatable bonds is 57. The van der Waals surface area contributed by atoms with Crippen LogP contribution in [-0.2, 0) is 28.6 Å². The normalized spacial score (nSPS) is 12.6. The highest BCUT2D eigenvalue weighted by Gasteiger charge is 2.19. The van der Waals surface area contributed by atoms with E-state index in [9.17, 15) is 14.4 Å². The van der Waals surface area contributed by atoms with Gasteiger partial charge in [-0.15, -0.1) is 0 Å². The minimum atomic E-state index is -0.778. The molecule has 0 fully saturated rings. The minimum absolute atomic E-state index is 0.0763. The highest BCUT2D eigenvalue weighted by Crippen LogP contribution is 2.16. The first kappa shape index (κ1) is 70.6. The number of esters is 3. The van der Waals surface area contributed by atoms with Gasteiger partial charge in [-0.3, -0.25) is 14.4 Å². The molecular weight excluding hydrogens is 913 g/mol. The van der Waals surface area contributed by atoms with Gasteiger partial charge in [-0.25, -0.2) is 0 Å². The fourth-order valence-electron chi connectivity index (χ4n) is 8.91. The Morgan fingerprint density at radius 2 is 0.527 bits per heavy atom. The second-order valence-corrected chi connectivity index (χ2v) is 20.9. The van der Waals surface area contributed by atoms with Crippen LogP contribution in [0.25, 0.3) is 0 Å². The first-order chi connectivity index (χ1) is 36.5. The van der Waals surface area contributed by atoms with Crippen molar-refractivity contribution in [2.75, 3.05) is 13.2 Å². The summed E-state index contributed by atoms with van der Waals surface area (Å²) in [7, 11) is 0. The molecule has 0 saturated carbocycles. The molecule has 0 aliphatic carbocycles. The molecule has 0 aromatic heterocycles. The molecule has 0 aliphatic rings. The summed E-state index contributed by atoms with van der Waals surface area (Å²) >= 11 is 0. The van der Waals surface area contributed by atoms with Crippen LogP contribution in [0.2, 0.25) is 0 Å². The van der Waals surface area contributed by atoms with E-state index in [4.69, 9.17) is 14.2 Å². The molecule has 0 bridgehead atoms. The molecule has 1 unspecified atom stereocenters. The minimum Gasteiger partial charge on any atom is -0.462 e. The van der Waals surface area contributed by atoms with Crippen molar-refractivity contribution in [3.05, 3.63) is 85.1 Å². The number of hydrogen-bond acceptors (Lipinski definition) is 6. The zero-order valence-electron chi connectivity index (χ0n) is 48.8. The molecule has 6 nitrogen and oxygen atoms in total. The highest BCUT2D eigenvalue weighted by molar-refractivity contribution is 5.71. The molecule has 0 saturated heterocycles. The molecule has 1 atom stereocenters. The van der Waals surface area contributed by atoms with E-state index in [1.807, 2.05) is 0 Å². The van der Waals surface area contributed by atoms with E-state index in [0.29, 0.717) is 19.3 Å². The van der Waals surface area contributed by atoms with Crippen molar-refractivity contribution in [3.8, 4) is 0 Å². The molecule has 0 heterocycles. The van der Waals surface area contributed by atoms with Crippen molar-refractivity contribution >= 4 is 17.9 Å². The summed E-state index contributed by atoms with van der Waals surface area (Å²) in [6.07, 6.45) is 81.7. The molecule has 0 aromatic rings. The van der Waals surface area contributed by atoms with E-state index >= 15 is 0 Å². The third-order valence-electron chi connectivity index (χ3n) is 13.6. The Labute approximate surface area is 458 Å². The number of hydrogen-bond donors (Lipinski definition) is 0. The van der Waals surface area contributed by atoms with Crippen LogP contribution in [0.5, 0.6) is 0 Å². The lowest BCUT2D eigenvalue weighted by Gasteiger charge is -2.18. The van der Waals surface area contributed by atoms with E-state index in [-0.39, 0.29) is 31.1 Å². The Morgan fingerprint density at radius 3 is 0.838 bits per heavy atom. The summed E-state index contributed by atoms with van der Waals surface area (Å²) < 4.78 is 16.9. The van der Waals surface area contributed by atoms with Gasteiger partial charge >= 0.3 is 17.9 Å². The molecule has 0 N–H and O–H groups in total. The number of allylic oxidation sites excluding steroid dienone is 14. The third-order valence-corrected chi connectivity index (χ3v) is 13.6. The van der Waals surface area contributed by atoms with E-state index in [1.165, 1.54) is 161 Å². The summed E-state index contributed by atoms with van der Waals surface area (Å²) in [4.78, 5) is 38.1. The van der Waals surface area contributed by atoms with Crippen LogP contribution < -0.4 is 0 Å². The van der Waals surface area contributed by atoms with Gasteiger partial charge in [0.1, 0.15) is 13.2 Å². The Balaban J connectivity index is 4.17. The molecule has 0 rings (SSSR count). The predicted octanol–water partition coefficient (Wildman–Crippen LogP) is 21.5. The highest BCUT2D eigenvalue weighted by atomic mass is 16.6. The van der Waals surface area contributed by atoms with Crippen molar-refractivity contribution in [1.29, 1.82) is 0 Å². The van der Waals surface area contributed by atoms with Gasteiger partial charge in [0.25, 0.3) is 0 Å². The van der Waals surface area contributed by atoms with Crippen LogP contribution in [0.3, 0.4) is 0 Å².